The average molecular weight is 299 g/mol. The number of nitrogens with one attached hydrogen (secondary N) is 2. The number of nitriles is 1. The van der Waals surface area contributed by atoms with Gasteiger partial charge in [-0.25, -0.2) is 9.18 Å². The van der Waals surface area contributed by atoms with Crippen LogP contribution in [0, 0.1) is 17.1 Å². The van der Waals surface area contributed by atoms with Gasteiger partial charge < -0.3 is 15.4 Å². The maximum Gasteiger partial charge on any atom is 0.323 e. The van der Waals surface area contributed by atoms with Crippen molar-refractivity contribution >= 4 is 17.4 Å². The van der Waals surface area contributed by atoms with Crippen molar-refractivity contribution in [1.82, 2.24) is 0 Å². The van der Waals surface area contributed by atoms with E-state index in [4.69, 9.17) is 10.00 Å². The standard InChI is InChI=1S/C16H14FN3O2/c1-2-22-15-9-12(17)6-7-14(15)20-16(21)19-13-5-3-4-11(8-13)10-18/h3-9H,2H2,1H3,(H2,19,20,21). The Morgan fingerprint density at radius 1 is 1.27 bits per heavy atom. The number of hydrogen-bond acceptors (Lipinski definition) is 3. The highest BCUT2D eigenvalue weighted by molar-refractivity contribution is 6.00. The highest BCUT2D eigenvalue weighted by atomic mass is 19.1. The summed E-state index contributed by atoms with van der Waals surface area (Å²) in [5.41, 5.74) is 1.28. The topological polar surface area (TPSA) is 74.2 Å². The molecule has 0 heterocycles. The second-order valence-corrected chi connectivity index (χ2v) is 4.35. The summed E-state index contributed by atoms with van der Waals surface area (Å²) in [7, 11) is 0. The number of urea groups is 1. The molecule has 112 valence electrons. The van der Waals surface area contributed by atoms with E-state index in [1.165, 1.54) is 18.2 Å². The van der Waals surface area contributed by atoms with E-state index in [9.17, 15) is 9.18 Å². The third kappa shape index (κ3) is 3.96. The molecule has 0 fully saturated rings. The van der Waals surface area contributed by atoms with E-state index in [1.54, 1.807) is 31.2 Å². The van der Waals surface area contributed by atoms with Crippen LogP contribution in [-0.2, 0) is 0 Å². The summed E-state index contributed by atoms with van der Waals surface area (Å²) in [5.74, 6) is -0.195. The Morgan fingerprint density at radius 3 is 2.82 bits per heavy atom. The molecule has 6 heteroatoms. The molecular weight excluding hydrogens is 285 g/mol. The lowest BCUT2D eigenvalue weighted by Crippen LogP contribution is -2.20. The number of benzene rings is 2. The van der Waals surface area contributed by atoms with Gasteiger partial charge >= 0.3 is 6.03 Å². The maximum atomic E-state index is 13.2. The summed E-state index contributed by atoms with van der Waals surface area (Å²) in [4.78, 5) is 12.0. The molecule has 0 spiro atoms. The van der Waals surface area contributed by atoms with E-state index in [2.05, 4.69) is 10.6 Å². The van der Waals surface area contributed by atoms with Crippen LogP contribution >= 0.6 is 0 Å². The van der Waals surface area contributed by atoms with Gasteiger partial charge in [-0.2, -0.15) is 5.26 Å². The molecule has 0 atom stereocenters. The lowest BCUT2D eigenvalue weighted by Gasteiger charge is -2.12. The number of carbonyl (C=O) groups is 1. The third-order valence-electron chi connectivity index (χ3n) is 2.74. The second kappa shape index (κ2) is 7.09. The van der Waals surface area contributed by atoms with Crippen molar-refractivity contribution in [1.29, 1.82) is 5.26 Å². The first-order chi connectivity index (χ1) is 10.6. The third-order valence-corrected chi connectivity index (χ3v) is 2.74. The van der Waals surface area contributed by atoms with Gasteiger partial charge in [0.25, 0.3) is 0 Å². The van der Waals surface area contributed by atoms with Gasteiger partial charge in [0.15, 0.2) is 0 Å². The Morgan fingerprint density at radius 2 is 2.09 bits per heavy atom. The van der Waals surface area contributed by atoms with E-state index in [-0.39, 0.29) is 5.75 Å². The normalized spacial score (nSPS) is 9.68. The minimum absolute atomic E-state index is 0.253. The van der Waals surface area contributed by atoms with E-state index in [1.807, 2.05) is 6.07 Å². The molecule has 0 bridgehead atoms. The van der Waals surface area contributed by atoms with E-state index in [0.717, 1.165) is 0 Å². The summed E-state index contributed by atoms with van der Waals surface area (Å²) in [6.45, 7) is 2.12. The van der Waals surface area contributed by atoms with Gasteiger partial charge in [0.1, 0.15) is 11.6 Å². The van der Waals surface area contributed by atoms with Crippen LogP contribution < -0.4 is 15.4 Å². The van der Waals surface area contributed by atoms with E-state index >= 15 is 0 Å². The van der Waals surface area contributed by atoms with Crippen LogP contribution in [0.5, 0.6) is 5.75 Å². The molecular formula is C16H14FN3O2. The zero-order valence-corrected chi connectivity index (χ0v) is 11.9. The van der Waals surface area contributed by atoms with Crippen LogP contribution in [0.1, 0.15) is 12.5 Å². The molecule has 2 rings (SSSR count). The van der Waals surface area contributed by atoms with Gasteiger partial charge in [-0.05, 0) is 37.3 Å². The zero-order chi connectivity index (χ0) is 15.9. The molecule has 0 saturated heterocycles. The molecule has 0 aliphatic carbocycles. The first-order valence-corrected chi connectivity index (χ1v) is 6.63. The van der Waals surface area contributed by atoms with Crippen LogP contribution in [0.4, 0.5) is 20.6 Å². The molecule has 0 aromatic heterocycles. The molecule has 2 N–H and O–H groups in total. The number of anilines is 2. The minimum atomic E-state index is -0.511. The van der Waals surface area contributed by atoms with Crippen LogP contribution in [0.2, 0.25) is 0 Å². The van der Waals surface area contributed by atoms with Crippen molar-refractivity contribution < 1.29 is 13.9 Å². The lowest BCUT2D eigenvalue weighted by molar-refractivity contribution is 0.262. The molecule has 0 radical (unpaired) electrons. The van der Waals surface area contributed by atoms with Crippen molar-refractivity contribution in [3.63, 3.8) is 0 Å². The Balaban J connectivity index is 2.10. The summed E-state index contributed by atoms with van der Waals surface area (Å²) in [5, 5.41) is 14.0. The fourth-order valence-electron chi connectivity index (χ4n) is 1.83. The molecule has 0 saturated carbocycles. The number of ether oxygens (including phenoxy) is 1. The van der Waals surface area contributed by atoms with E-state index in [0.29, 0.717) is 23.5 Å². The van der Waals surface area contributed by atoms with Gasteiger partial charge in [0, 0.05) is 11.8 Å². The Kier molecular flexibility index (Phi) is 4.94. The highest BCUT2D eigenvalue weighted by Gasteiger charge is 2.09. The molecule has 0 aliphatic heterocycles. The summed E-state index contributed by atoms with van der Waals surface area (Å²) < 4.78 is 18.5. The number of amides is 2. The zero-order valence-electron chi connectivity index (χ0n) is 11.9. The predicted octanol–water partition coefficient (Wildman–Crippen LogP) is 3.74. The molecule has 22 heavy (non-hydrogen) atoms. The minimum Gasteiger partial charge on any atom is -0.492 e. The van der Waals surface area contributed by atoms with Gasteiger partial charge in [-0.15, -0.1) is 0 Å². The number of nitrogens with zero attached hydrogens (tertiary/aromatic N) is 1. The number of carbonyl (C=O) groups excluding carboxylic acids is 1. The van der Waals surface area contributed by atoms with Gasteiger partial charge in [-0.3, -0.25) is 0 Å². The van der Waals surface area contributed by atoms with E-state index < -0.39 is 11.8 Å². The predicted molar refractivity (Wildman–Crippen MR) is 81.4 cm³/mol. The molecule has 2 aromatic carbocycles. The smallest absolute Gasteiger partial charge is 0.323 e. The molecule has 0 aliphatic rings. The van der Waals surface area contributed by atoms with Crippen molar-refractivity contribution in [3.8, 4) is 11.8 Å². The Labute approximate surface area is 127 Å². The van der Waals surface area contributed by atoms with Crippen molar-refractivity contribution in [2.24, 2.45) is 0 Å². The summed E-state index contributed by atoms with van der Waals surface area (Å²) in [6, 6.07) is 11.8. The quantitative estimate of drug-likeness (QED) is 0.903. The number of rotatable bonds is 4. The lowest BCUT2D eigenvalue weighted by atomic mass is 10.2. The Bertz CT molecular complexity index is 726. The van der Waals surface area contributed by atoms with Crippen LogP contribution in [-0.4, -0.2) is 12.6 Å². The van der Waals surface area contributed by atoms with Crippen molar-refractivity contribution in [3.05, 3.63) is 53.8 Å². The largest absolute Gasteiger partial charge is 0.492 e. The van der Waals surface area contributed by atoms with Gasteiger partial charge in [-0.1, -0.05) is 6.07 Å². The average Bonchev–Trinajstić information content (AvgIpc) is 2.50. The summed E-state index contributed by atoms with van der Waals surface area (Å²) >= 11 is 0. The van der Waals surface area contributed by atoms with Crippen LogP contribution in [0.25, 0.3) is 0 Å². The fraction of sp³-hybridized carbons (Fsp3) is 0.125. The number of halogens is 1. The first-order valence-electron chi connectivity index (χ1n) is 6.63. The number of hydrogen-bond donors (Lipinski definition) is 2. The SMILES string of the molecule is CCOc1cc(F)ccc1NC(=O)Nc1cccc(C#N)c1. The molecule has 0 unspecified atom stereocenters. The van der Waals surface area contributed by atoms with Crippen molar-refractivity contribution in [2.45, 2.75) is 6.92 Å². The van der Waals surface area contributed by atoms with Crippen LogP contribution in [0.15, 0.2) is 42.5 Å². The van der Waals surface area contributed by atoms with Crippen LogP contribution in [0.3, 0.4) is 0 Å². The monoisotopic (exact) mass is 299 g/mol. The van der Waals surface area contributed by atoms with Gasteiger partial charge in [0.05, 0.1) is 23.9 Å². The van der Waals surface area contributed by atoms with Gasteiger partial charge in [0.2, 0.25) is 0 Å². The molecule has 2 amide bonds. The Hall–Kier alpha value is -3.07. The molecule has 5 nitrogen and oxygen atoms in total. The maximum absolute atomic E-state index is 13.2. The molecule has 2 aromatic rings. The van der Waals surface area contributed by atoms with Crippen molar-refractivity contribution in [2.75, 3.05) is 17.2 Å². The second-order valence-electron chi connectivity index (χ2n) is 4.35. The fourth-order valence-corrected chi connectivity index (χ4v) is 1.83. The summed E-state index contributed by atoms with van der Waals surface area (Å²) in [6.07, 6.45) is 0. The first kappa shape index (κ1) is 15.3. The highest BCUT2D eigenvalue weighted by Crippen LogP contribution is 2.25.